The van der Waals surface area contributed by atoms with Crippen LogP contribution in [0.15, 0.2) is 158 Å². The molecule has 0 saturated heterocycles. The quantitative estimate of drug-likeness (QED) is 0.158. The summed E-state index contributed by atoms with van der Waals surface area (Å²) in [6.45, 7) is 0. The molecule has 0 radical (unpaired) electrons. The van der Waals surface area contributed by atoms with Crippen molar-refractivity contribution in [1.29, 1.82) is 5.26 Å². The molecule has 18 heteroatoms. The molecule has 0 aliphatic carbocycles. The monoisotopic (exact) mass is 1000 g/mol. The van der Waals surface area contributed by atoms with Gasteiger partial charge in [-0.3, -0.25) is 0 Å². The molecule has 0 aliphatic heterocycles. The van der Waals surface area contributed by atoms with Gasteiger partial charge in [0.15, 0.2) is 0 Å². The summed E-state index contributed by atoms with van der Waals surface area (Å²) < 4.78 is 219. The highest BCUT2D eigenvalue weighted by atomic mass is 19.4. The SMILES string of the molecule is N#Cc1cccc(-c2c(-n3c4ccccc4c4ccc(-c5cc(C(F)(F)F)cc(C(F)(F)F)c5)cc43)cc(C(F)(F)F)cc2-n2c3ccccc3c3ccc(-c4cc(C(F)(F)F)cc(C(F)(F)F)c4)cc32)c1. The summed E-state index contributed by atoms with van der Waals surface area (Å²) in [5.74, 6) is 0. The smallest absolute Gasteiger partial charge is 0.309 e. The van der Waals surface area contributed by atoms with Gasteiger partial charge < -0.3 is 9.13 Å². The van der Waals surface area contributed by atoms with E-state index in [0.717, 1.165) is 12.1 Å². The summed E-state index contributed by atoms with van der Waals surface area (Å²) >= 11 is 0. The minimum atomic E-state index is -5.22. The number of nitriles is 1. The predicted octanol–water partition coefficient (Wildman–Crippen LogP) is 17.8. The zero-order valence-corrected chi connectivity index (χ0v) is 36.0. The molecule has 362 valence electrons. The van der Waals surface area contributed by atoms with Gasteiger partial charge in [-0.05, 0) is 113 Å². The van der Waals surface area contributed by atoms with Crippen LogP contribution in [0.1, 0.15) is 33.4 Å². The highest BCUT2D eigenvalue weighted by Crippen LogP contribution is 2.48. The number of fused-ring (bicyclic) bond motifs is 6. The fraction of sp³-hybridized carbons (Fsp3) is 0.0926. The first-order chi connectivity index (χ1) is 33.8. The summed E-state index contributed by atoms with van der Waals surface area (Å²) in [5, 5.41) is 11.5. The van der Waals surface area contributed by atoms with Crippen molar-refractivity contribution < 1.29 is 65.9 Å². The lowest BCUT2D eigenvalue weighted by Crippen LogP contribution is -2.11. The molecular formula is C54H26F15N3. The molecule has 0 unspecified atom stereocenters. The van der Waals surface area contributed by atoms with Gasteiger partial charge in [-0.25, -0.2) is 0 Å². The van der Waals surface area contributed by atoms with E-state index >= 15 is 13.2 Å². The van der Waals surface area contributed by atoms with Gasteiger partial charge in [-0.2, -0.15) is 71.1 Å². The van der Waals surface area contributed by atoms with Crippen molar-refractivity contribution >= 4 is 43.6 Å². The van der Waals surface area contributed by atoms with E-state index in [2.05, 4.69) is 0 Å². The van der Waals surface area contributed by atoms with Crippen LogP contribution < -0.4 is 0 Å². The summed E-state index contributed by atoms with van der Waals surface area (Å²) in [6.07, 6.45) is -26.0. The molecule has 0 saturated carbocycles. The average Bonchev–Trinajstić information content (AvgIpc) is 3.84. The summed E-state index contributed by atoms with van der Waals surface area (Å²) in [5.41, 5.74) is -9.02. The van der Waals surface area contributed by atoms with Crippen LogP contribution in [-0.2, 0) is 30.9 Å². The Bertz CT molecular complexity index is 3600. The maximum absolute atomic E-state index is 15.6. The molecule has 0 spiro atoms. The molecule has 3 nitrogen and oxygen atoms in total. The summed E-state index contributed by atoms with van der Waals surface area (Å²) in [6, 6.07) is 31.8. The number of hydrogen-bond donors (Lipinski definition) is 0. The lowest BCUT2D eigenvalue weighted by Gasteiger charge is -2.23. The summed E-state index contributed by atoms with van der Waals surface area (Å²) in [7, 11) is 0. The van der Waals surface area contributed by atoms with E-state index in [0.29, 0.717) is 45.8 Å². The normalized spacial score (nSPS) is 12.9. The zero-order valence-electron chi connectivity index (χ0n) is 36.0. The third-order valence-corrected chi connectivity index (χ3v) is 12.4. The number of alkyl halides is 15. The van der Waals surface area contributed by atoms with Gasteiger partial charge in [-0.1, -0.05) is 72.8 Å². The third-order valence-electron chi connectivity index (χ3n) is 12.4. The van der Waals surface area contributed by atoms with Gasteiger partial charge >= 0.3 is 30.9 Å². The number of hydrogen-bond acceptors (Lipinski definition) is 1. The van der Waals surface area contributed by atoms with E-state index in [-0.39, 0.29) is 73.4 Å². The molecule has 0 fully saturated rings. The first-order valence-electron chi connectivity index (χ1n) is 21.2. The van der Waals surface area contributed by atoms with Crippen LogP contribution >= 0.6 is 0 Å². The Labute approximate surface area is 395 Å². The molecule has 10 aromatic rings. The second-order valence-corrected chi connectivity index (χ2v) is 16.8. The van der Waals surface area contributed by atoms with Gasteiger partial charge in [-0.15, -0.1) is 0 Å². The van der Waals surface area contributed by atoms with E-state index in [1.54, 1.807) is 36.4 Å². The van der Waals surface area contributed by atoms with Crippen LogP contribution in [0, 0.1) is 11.3 Å². The van der Waals surface area contributed by atoms with Gasteiger partial charge in [0.05, 0.1) is 72.9 Å². The molecule has 0 atom stereocenters. The Morgan fingerprint density at radius 2 is 0.667 bits per heavy atom. The van der Waals surface area contributed by atoms with Crippen LogP contribution in [0.5, 0.6) is 0 Å². The van der Waals surface area contributed by atoms with E-state index in [1.165, 1.54) is 81.9 Å². The van der Waals surface area contributed by atoms with Crippen molar-refractivity contribution in [2.24, 2.45) is 0 Å². The number of nitrogens with zero attached hydrogens (tertiary/aromatic N) is 3. The molecule has 10 rings (SSSR count). The molecule has 0 amide bonds. The van der Waals surface area contributed by atoms with Gasteiger partial charge in [0.25, 0.3) is 0 Å². The Morgan fingerprint density at radius 3 is 1.04 bits per heavy atom. The zero-order chi connectivity index (χ0) is 51.4. The van der Waals surface area contributed by atoms with Crippen LogP contribution in [0.25, 0.3) is 88.4 Å². The molecule has 0 bridgehead atoms. The van der Waals surface area contributed by atoms with Crippen molar-refractivity contribution in [2.45, 2.75) is 30.9 Å². The first-order valence-corrected chi connectivity index (χ1v) is 21.2. The second-order valence-electron chi connectivity index (χ2n) is 16.8. The highest BCUT2D eigenvalue weighted by Gasteiger charge is 2.39. The molecule has 2 heterocycles. The maximum atomic E-state index is 15.6. The number of para-hydroxylation sites is 2. The Kier molecular flexibility index (Phi) is 10.8. The minimum absolute atomic E-state index is 0.0251. The molecule has 8 aromatic carbocycles. The van der Waals surface area contributed by atoms with Gasteiger partial charge in [0.2, 0.25) is 0 Å². The lowest BCUT2D eigenvalue weighted by molar-refractivity contribution is -0.144. The minimum Gasteiger partial charge on any atom is -0.309 e. The van der Waals surface area contributed by atoms with Crippen molar-refractivity contribution in [3.8, 4) is 50.8 Å². The molecule has 2 aromatic heterocycles. The predicted molar refractivity (Wildman–Crippen MR) is 241 cm³/mol. The van der Waals surface area contributed by atoms with E-state index in [4.69, 9.17) is 0 Å². The maximum Gasteiger partial charge on any atom is 0.416 e. The highest BCUT2D eigenvalue weighted by molar-refractivity contribution is 6.13. The van der Waals surface area contributed by atoms with Crippen LogP contribution in [0.2, 0.25) is 0 Å². The fourth-order valence-electron chi connectivity index (χ4n) is 9.23. The fourth-order valence-corrected chi connectivity index (χ4v) is 9.23. The largest absolute Gasteiger partial charge is 0.416 e. The standard InChI is InChI=1S/C54H26F15N3/c55-50(56,57)34-17-32(18-35(23-34)51(58,59)60)29-12-14-41-39-8-1-3-10-43(39)71(45(41)21-29)47-25-38(54(67,68)69)26-48(49(47)31-7-5-6-28(16-31)27-70)72-44-11-4-2-9-40(44)42-15-13-30(22-46(42)72)33-19-36(52(61,62)63)24-37(20-33)53(64,65)66/h1-26H. The number of benzene rings is 8. The number of aromatic nitrogens is 2. The van der Waals surface area contributed by atoms with E-state index in [1.807, 2.05) is 6.07 Å². The molecular weight excluding hydrogens is 976 g/mol. The molecule has 0 aliphatic rings. The molecule has 72 heavy (non-hydrogen) atoms. The van der Waals surface area contributed by atoms with Crippen molar-refractivity contribution in [3.63, 3.8) is 0 Å². The topological polar surface area (TPSA) is 33.6 Å². The Balaban J connectivity index is 1.35. The van der Waals surface area contributed by atoms with Crippen LogP contribution in [0.3, 0.4) is 0 Å². The van der Waals surface area contributed by atoms with Crippen molar-refractivity contribution in [2.75, 3.05) is 0 Å². The number of halogens is 15. The Hall–Kier alpha value is -8.20. The third kappa shape index (κ3) is 8.31. The van der Waals surface area contributed by atoms with Crippen LogP contribution in [0.4, 0.5) is 65.9 Å². The van der Waals surface area contributed by atoms with Gasteiger partial charge in [0, 0.05) is 27.1 Å². The lowest BCUT2D eigenvalue weighted by atomic mass is 9.96. The first kappa shape index (κ1) is 47.5. The van der Waals surface area contributed by atoms with E-state index in [9.17, 15) is 57.9 Å². The van der Waals surface area contributed by atoms with E-state index < -0.39 is 69.8 Å². The summed E-state index contributed by atoms with van der Waals surface area (Å²) in [4.78, 5) is 0. The van der Waals surface area contributed by atoms with Crippen molar-refractivity contribution in [3.05, 3.63) is 191 Å². The Morgan fingerprint density at radius 1 is 0.306 bits per heavy atom. The van der Waals surface area contributed by atoms with Crippen LogP contribution in [-0.4, -0.2) is 9.13 Å². The second kappa shape index (κ2) is 16.4. The van der Waals surface area contributed by atoms with Gasteiger partial charge in [0.1, 0.15) is 0 Å². The molecule has 0 N–H and O–H groups in total. The number of rotatable bonds is 5. The average molecular weight is 1000 g/mol. The van der Waals surface area contributed by atoms with Crippen molar-refractivity contribution in [1.82, 2.24) is 9.13 Å².